The van der Waals surface area contributed by atoms with Crippen LogP contribution >= 0.6 is 0 Å². The molecule has 0 spiro atoms. The summed E-state index contributed by atoms with van der Waals surface area (Å²) in [6, 6.07) is 14.7. The number of carbonyl (C=O) groups is 1. The summed E-state index contributed by atoms with van der Waals surface area (Å²) in [6.07, 6.45) is 1.32. The van der Waals surface area contributed by atoms with Crippen LogP contribution in [0.1, 0.15) is 24.3 Å². The van der Waals surface area contributed by atoms with Crippen LogP contribution in [0.2, 0.25) is 0 Å². The number of rotatable bonds is 6. The van der Waals surface area contributed by atoms with Gasteiger partial charge in [0.15, 0.2) is 0 Å². The summed E-state index contributed by atoms with van der Waals surface area (Å²) in [5, 5.41) is 5.59. The SMILES string of the molecule is CC(C)Oc1ccc(NC(=O)c2cc(Nc3ccccc3F)ncn2)cc1. The van der Waals surface area contributed by atoms with Gasteiger partial charge in [0, 0.05) is 11.8 Å². The monoisotopic (exact) mass is 366 g/mol. The smallest absolute Gasteiger partial charge is 0.274 e. The van der Waals surface area contributed by atoms with Gasteiger partial charge >= 0.3 is 0 Å². The minimum absolute atomic E-state index is 0.0758. The highest BCUT2D eigenvalue weighted by molar-refractivity contribution is 6.03. The van der Waals surface area contributed by atoms with Crippen LogP contribution in [0.4, 0.5) is 21.6 Å². The van der Waals surface area contributed by atoms with Gasteiger partial charge in [0.25, 0.3) is 5.91 Å². The van der Waals surface area contributed by atoms with E-state index in [1.54, 1.807) is 42.5 Å². The number of halogens is 1. The third-order valence-corrected chi connectivity index (χ3v) is 3.52. The number of ether oxygens (including phenoxy) is 1. The molecule has 0 atom stereocenters. The molecule has 0 aliphatic carbocycles. The first-order valence-electron chi connectivity index (χ1n) is 8.43. The molecule has 2 aromatic carbocycles. The molecular weight excluding hydrogens is 347 g/mol. The maximum absolute atomic E-state index is 13.7. The molecule has 3 rings (SSSR count). The fraction of sp³-hybridized carbons (Fsp3) is 0.150. The molecule has 0 fully saturated rings. The molecule has 138 valence electrons. The van der Waals surface area contributed by atoms with Crippen molar-refractivity contribution in [2.45, 2.75) is 20.0 Å². The number of amides is 1. The maximum atomic E-state index is 13.7. The van der Waals surface area contributed by atoms with Crippen LogP contribution in [-0.2, 0) is 0 Å². The summed E-state index contributed by atoms with van der Waals surface area (Å²) in [7, 11) is 0. The second-order valence-corrected chi connectivity index (χ2v) is 6.04. The molecule has 7 heteroatoms. The molecule has 27 heavy (non-hydrogen) atoms. The zero-order chi connectivity index (χ0) is 19.2. The highest BCUT2D eigenvalue weighted by Gasteiger charge is 2.10. The molecule has 0 saturated carbocycles. The Morgan fingerprint density at radius 1 is 1.07 bits per heavy atom. The molecule has 1 aromatic heterocycles. The zero-order valence-corrected chi connectivity index (χ0v) is 14.9. The summed E-state index contributed by atoms with van der Waals surface area (Å²) < 4.78 is 19.3. The highest BCUT2D eigenvalue weighted by atomic mass is 19.1. The summed E-state index contributed by atoms with van der Waals surface area (Å²) in [6.45, 7) is 3.88. The Morgan fingerprint density at radius 2 is 1.81 bits per heavy atom. The number of nitrogens with one attached hydrogen (secondary N) is 2. The molecule has 0 unspecified atom stereocenters. The van der Waals surface area contributed by atoms with E-state index >= 15 is 0 Å². The van der Waals surface area contributed by atoms with E-state index in [0.29, 0.717) is 11.5 Å². The Hall–Kier alpha value is -3.48. The normalized spacial score (nSPS) is 10.5. The van der Waals surface area contributed by atoms with Crippen LogP contribution in [0.5, 0.6) is 5.75 Å². The zero-order valence-electron chi connectivity index (χ0n) is 14.9. The van der Waals surface area contributed by atoms with Gasteiger partial charge in [-0.05, 0) is 50.2 Å². The molecule has 0 aliphatic rings. The van der Waals surface area contributed by atoms with Crippen molar-refractivity contribution in [3.63, 3.8) is 0 Å². The number of hydrogen-bond donors (Lipinski definition) is 2. The second kappa shape index (κ2) is 8.27. The number of hydrogen-bond acceptors (Lipinski definition) is 5. The topological polar surface area (TPSA) is 76.1 Å². The number of anilines is 3. The first-order chi connectivity index (χ1) is 13.0. The van der Waals surface area contributed by atoms with Gasteiger partial charge in [-0.2, -0.15) is 0 Å². The molecule has 1 amide bonds. The first-order valence-corrected chi connectivity index (χ1v) is 8.43. The van der Waals surface area contributed by atoms with Crippen molar-refractivity contribution in [3.8, 4) is 5.75 Å². The summed E-state index contributed by atoms with van der Waals surface area (Å²) in [5.41, 5.74) is 1.04. The fourth-order valence-corrected chi connectivity index (χ4v) is 2.33. The van der Waals surface area contributed by atoms with Crippen molar-refractivity contribution in [1.29, 1.82) is 0 Å². The van der Waals surface area contributed by atoms with Crippen molar-refractivity contribution in [2.24, 2.45) is 0 Å². The van der Waals surface area contributed by atoms with Crippen molar-refractivity contribution < 1.29 is 13.9 Å². The van der Waals surface area contributed by atoms with Gasteiger partial charge in [0.2, 0.25) is 0 Å². The quantitative estimate of drug-likeness (QED) is 0.676. The molecule has 0 bridgehead atoms. The third kappa shape index (κ3) is 5.01. The summed E-state index contributed by atoms with van der Waals surface area (Å²) in [4.78, 5) is 20.4. The minimum Gasteiger partial charge on any atom is -0.491 e. The lowest BCUT2D eigenvalue weighted by molar-refractivity contribution is 0.102. The molecule has 6 nitrogen and oxygen atoms in total. The van der Waals surface area contributed by atoms with E-state index in [1.165, 1.54) is 18.5 Å². The lowest BCUT2D eigenvalue weighted by atomic mass is 10.2. The largest absolute Gasteiger partial charge is 0.491 e. The van der Waals surface area contributed by atoms with Crippen molar-refractivity contribution in [2.75, 3.05) is 10.6 Å². The number of para-hydroxylation sites is 1. The molecule has 3 aromatic rings. The van der Waals surface area contributed by atoms with Crippen LogP contribution in [-0.4, -0.2) is 22.0 Å². The van der Waals surface area contributed by atoms with Crippen LogP contribution in [0.15, 0.2) is 60.9 Å². The Bertz CT molecular complexity index is 929. The van der Waals surface area contributed by atoms with Gasteiger partial charge in [-0.15, -0.1) is 0 Å². The minimum atomic E-state index is -0.411. The van der Waals surface area contributed by atoms with Crippen LogP contribution < -0.4 is 15.4 Å². The Balaban J connectivity index is 1.69. The van der Waals surface area contributed by atoms with Gasteiger partial charge in [-0.25, -0.2) is 14.4 Å². The molecular formula is C20H19FN4O2. The van der Waals surface area contributed by atoms with E-state index in [-0.39, 0.29) is 17.5 Å². The average Bonchev–Trinajstić information content (AvgIpc) is 2.65. The highest BCUT2D eigenvalue weighted by Crippen LogP contribution is 2.19. The molecule has 0 saturated heterocycles. The lowest BCUT2D eigenvalue weighted by Gasteiger charge is -2.11. The van der Waals surface area contributed by atoms with E-state index in [4.69, 9.17) is 4.74 Å². The van der Waals surface area contributed by atoms with E-state index in [1.807, 2.05) is 13.8 Å². The van der Waals surface area contributed by atoms with Crippen LogP contribution in [0, 0.1) is 5.82 Å². The molecule has 0 aliphatic heterocycles. The van der Waals surface area contributed by atoms with Crippen LogP contribution in [0.3, 0.4) is 0 Å². The average molecular weight is 366 g/mol. The van der Waals surface area contributed by atoms with Gasteiger partial charge in [0.05, 0.1) is 11.8 Å². The van der Waals surface area contributed by atoms with Gasteiger partial charge in [-0.3, -0.25) is 4.79 Å². The summed E-state index contributed by atoms with van der Waals surface area (Å²) in [5.74, 6) is 0.236. The number of aromatic nitrogens is 2. The van der Waals surface area contributed by atoms with E-state index in [0.717, 1.165) is 5.75 Å². The van der Waals surface area contributed by atoms with E-state index in [9.17, 15) is 9.18 Å². The van der Waals surface area contributed by atoms with Crippen molar-refractivity contribution in [1.82, 2.24) is 9.97 Å². The van der Waals surface area contributed by atoms with E-state index < -0.39 is 11.7 Å². The van der Waals surface area contributed by atoms with Crippen molar-refractivity contribution >= 4 is 23.1 Å². The Morgan fingerprint density at radius 3 is 2.52 bits per heavy atom. The number of nitrogens with zero attached hydrogens (tertiary/aromatic N) is 2. The van der Waals surface area contributed by atoms with E-state index in [2.05, 4.69) is 20.6 Å². The molecule has 1 heterocycles. The molecule has 0 radical (unpaired) electrons. The predicted molar refractivity (Wildman–Crippen MR) is 102 cm³/mol. The third-order valence-electron chi connectivity index (χ3n) is 3.52. The van der Waals surface area contributed by atoms with Gasteiger partial charge < -0.3 is 15.4 Å². The molecule has 2 N–H and O–H groups in total. The number of carbonyl (C=O) groups excluding carboxylic acids is 1. The maximum Gasteiger partial charge on any atom is 0.274 e. The first kappa shape index (κ1) is 18.3. The van der Waals surface area contributed by atoms with Gasteiger partial charge in [-0.1, -0.05) is 12.1 Å². The fourth-order valence-electron chi connectivity index (χ4n) is 2.33. The summed E-state index contributed by atoms with van der Waals surface area (Å²) >= 11 is 0. The Labute approximate surface area is 156 Å². The number of benzene rings is 2. The predicted octanol–water partition coefficient (Wildman–Crippen LogP) is 4.40. The lowest BCUT2D eigenvalue weighted by Crippen LogP contribution is -2.14. The van der Waals surface area contributed by atoms with Crippen LogP contribution in [0.25, 0.3) is 0 Å². The van der Waals surface area contributed by atoms with Crippen molar-refractivity contribution in [3.05, 3.63) is 72.4 Å². The standard InChI is InChI=1S/C20H19FN4O2/c1-13(2)27-15-9-7-14(8-10-15)24-20(26)18-11-19(23-12-22-18)25-17-6-4-3-5-16(17)21/h3-13H,1-2H3,(H,24,26)(H,22,23,25). The van der Waals surface area contributed by atoms with Gasteiger partial charge in [0.1, 0.15) is 29.4 Å². The second-order valence-electron chi connectivity index (χ2n) is 6.04. The Kier molecular flexibility index (Phi) is 5.61.